The van der Waals surface area contributed by atoms with Crippen LogP contribution in [-0.4, -0.2) is 42.0 Å². The molecular formula is C16H23F2NO4. The number of amides is 1. The van der Waals surface area contributed by atoms with Gasteiger partial charge >= 0.3 is 6.09 Å². The van der Waals surface area contributed by atoms with E-state index in [1.165, 1.54) is 0 Å². The van der Waals surface area contributed by atoms with E-state index in [9.17, 15) is 13.6 Å². The Kier molecular flexibility index (Phi) is 6.90. The molecule has 0 saturated carbocycles. The van der Waals surface area contributed by atoms with E-state index in [0.29, 0.717) is 0 Å². The summed E-state index contributed by atoms with van der Waals surface area (Å²) in [5.41, 5.74) is -0.0626. The van der Waals surface area contributed by atoms with Gasteiger partial charge in [-0.15, -0.1) is 0 Å². The Hall–Kier alpha value is -1.73. The van der Waals surface area contributed by atoms with Crippen molar-refractivity contribution in [2.45, 2.75) is 44.9 Å². The third kappa shape index (κ3) is 7.38. The first-order valence-corrected chi connectivity index (χ1v) is 7.24. The Morgan fingerprint density at radius 3 is 2.39 bits per heavy atom. The average Bonchev–Trinajstić information content (AvgIpc) is 2.43. The third-order valence-corrected chi connectivity index (χ3v) is 2.79. The first-order chi connectivity index (χ1) is 10.6. The standard InChI is InChI=1S/C16H23F2NO4/c1-15(2,3)23-14(21)19-13(9-20)16(17,18)11-22-10-12-7-5-4-6-8-12/h4-8,13,20H,9-11H2,1-3H3,(H,19,21). The maximum atomic E-state index is 14.0. The summed E-state index contributed by atoms with van der Waals surface area (Å²) in [4.78, 5) is 11.6. The molecule has 5 nitrogen and oxygen atoms in total. The molecule has 0 fully saturated rings. The number of halogens is 2. The van der Waals surface area contributed by atoms with E-state index in [4.69, 9.17) is 14.6 Å². The highest BCUT2D eigenvalue weighted by atomic mass is 19.3. The summed E-state index contributed by atoms with van der Waals surface area (Å²) in [7, 11) is 0. The van der Waals surface area contributed by atoms with Crippen LogP contribution < -0.4 is 5.32 Å². The van der Waals surface area contributed by atoms with Crippen LogP contribution in [0, 0.1) is 0 Å². The van der Waals surface area contributed by atoms with Gasteiger partial charge in [-0.05, 0) is 26.3 Å². The molecule has 1 unspecified atom stereocenters. The molecule has 0 radical (unpaired) electrons. The maximum absolute atomic E-state index is 14.0. The lowest BCUT2D eigenvalue weighted by atomic mass is 10.1. The maximum Gasteiger partial charge on any atom is 0.408 e. The van der Waals surface area contributed by atoms with Crippen LogP contribution in [0.2, 0.25) is 0 Å². The molecule has 0 aliphatic carbocycles. The van der Waals surface area contributed by atoms with Crippen molar-refractivity contribution in [3.05, 3.63) is 35.9 Å². The number of carbonyl (C=O) groups excluding carboxylic acids is 1. The monoisotopic (exact) mass is 331 g/mol. The van der Waals surface area contributed by atoms with Gasteiger partial charge < -0.3 is 19.9 Å². The fourth-order valence-electron chi connectivity index (χ4n) is 1.71. The fourth-order valence-corrected chi connectivity index (χ4v) is 1.71. The Balaban J connectivity index is 2.52. The lowest BCUT2D eigenvalue weighted by Gasteiger charge is -2.27. The highest BCUT2D eigenvalue weighted by molar-refractivity contribution is 5.68. The predicted molar refractivity (Wildman–Crippen MR) is 81.3 cm³/mol. The van der Waals surface area contributed by atoms with Crippen molar-refractivity contribution in [3.8, 4) is 0 Å². The number of ether oxygens (including phenoxy) is 2. The lowest BCUT2D eigenvalue weighted by molar-refractivity contribution is -0.114. The van der Waals surface area contributed by atoms with E-state index in [1.54, 1.807) is 45.0 Å². The van der Waals surface area contributed by atoms with Gasteiger partial charge in [0.15, 0.2) is 0 Å². The van der Waals surface area contributed by atoms with E-state index in [-0.39, 0.29) is 6.61 Å². The molecule has 0 aliphatic rings. The van der Waals surface area contributed by atoms with Gasteiger partial charge in [0.25, 0.3) is 5.92 Å². The highest BCUT2D eigenvalue weighted by Gasteiger charge is 2.41. The normalized spacial score (nSPS) is 13.5. The van der Waals surface area contributed by atoms with Crippen LogP contribution in [0.4, 0.5) is 13.6 Å². The van der Waals surface area contributed by atoms with Gasteiger partial charge in [-0.25, -0.2) is 13.6 Å². The van der Waals surface area contributed by atoms with Crippen molar-refractivity contribution < 1.29 is 28.2 Å². The third-order valence-electron chi connectivity index (χ3n) is 2.79. The number of alkyl carbamates (subject to hydrolysis) is 1. The molecule has 0 spiro atoms. The van der Waals surface area contributed by atoms with Gasteiger partial charge in [0.2, 0.25) is 0 Å². The Bertz CT molecular complexity index is 489. The SMILES string of the molecule is CC(C)(C)OC(=O)NC(CO)C(F)(F)COCc1ccccc1. The van der Waals surface area contributed by atoms with Gasteiger partial charge in [-0.2, -0.15) is 0 Å². The molecule has 0 aliphatic heterocycles. The minimum absolute atomic E-state index is 0.0149. The summed E-state index contributed by atoms with van der Waals surface area (Å²) >= 11 is 0. The van der Waals surface area contributed by atoms with E-state index >= 15 is 0 Å². The zero-order valence-corrected chi connectivity index (χ0v) is 13.5. The van der Waals surface area contributed by atoms with E-state index in [2.05, 4.69) is 0 Å². The molecule has 1 aromatic rings. The van der Waals surface area contributed by atoms with Gasteiger partial charge in [-0.3, -0.25) is 0 Å². The zero-order chi connectivity index (χ0) is 17.5. The van der Waals surface area contributed by atoms with E-state index < -0.39 is 36.9 Å². The van der Waals surface area contributed by atoms with Crippen LogP contribution in [0.15, 0.2) is 30.3 Å². The number of benzene rings is 1. The van der Waals surface area contributed by atoms with E-state index in [1.807, 2.05) is 11.4 Å². The van der Waals surface area contributed by atoms with Gasteiger partial charge in [0, 0.05) is 0 Å². The number of aliphatic hydroxyl groups excluding tert-OH is 1. The van der Waals surface area contributed by atoms with Gasteiger partial charge in [0.1, 0.15) is 18.2 Å². The minimum Gasteiger partial charge on any atom is -0.444 e. The van der Waals surface area contributed by atoms with Crippen LogP contribution >= 0.6 is 0 Å². The van der Waals surface area contributed by atoms with Crippen LogP contribution in [0.1, 0.15) is 26.3 Å². The van der Waals surface area contributed by atoms with E-state index in [0.717, 1.165) is 5.56 Å². The number of alkyl halides is 2. The summed E-state index contributed by atoms with van der Waals surface area (Å²) in [6.07, 6.45) is -1.01. The van der Waals surface area contributed by atoms with Crippen molar-refractivity contribution in [1.82, 2.24) is 5.32 Å². The van der Waals surface area contributed by atoms with Crippen molar-refractivity contribution >= 4 is 6.09 Å². The Morgan fingerprint density at radius 1 is 1.26 bits per heavy atom. The molecule has 0 aromatic heterocycles. The number of hydrogen-bond acceptors (Lipinski definition) is 4. The summed E-state index contributed by atoms with van der Waals surface area (Å²) in [5.74, 6) is -3.43. The van der Waals surface area contributed by atoms with Crippen molar-refractivity contribution in [2.24, 2.45) is 0 Å². The van der Waals surface area contributed by atoms with Gasteiger partial charge in [0.05, 0.1) is 13.2 Å². The number of aliphatic hydroxyl groups is 1. The van der Waals surface area contributed by atoms with Crippen LogP contribution in [0.5, 0.6) is 0 Å². The molecule has 0 heterocycles. The molecule has 130 valence electrons. The number of carbonyl (C=O) groups is 1. The molecule has 1 rings (SSSR count). The largest absolute Gasteiger partial charge is 0.444 e. The Morgan fingerprint density at radius 2 is 1.87 bits per heavy atom. The molecule has 0 bridgehead atoms. The fraction of sp³-hybridized carbons (Fsp3) is 0.562. The van der Waals surface area contributed by atoms with Gasteiger partial charge in [-0.1, -0.05) is 30.3 Å². The topological polar surface area (TPSA) is 67.8 Å². The lowest BCUT2D eigenvalue weighted by Crippen LogP contribution is -2.53. The molecule has 1 amide bonds. The minimum atomic E-state index is -3.43. The molecular weight excluding hydrogens is 308 g/mol. The smallest absolute Gasteiger partial charge is 0.408 e. The zero-order valence-electron chi connectivity index (χ0n) is 13.5. The first-order valence-electron chi connectivity index (χ1n) is 7.24. The summed E-state index contributed by atoms with van der Waals surface area (Å²) < 4.78 is 38.0. The van der Waals surface area contributed by atoms with Crippen molar-refractivity contribution in [3.63, 3.8) is 0 Å². The second kappa shape index (κ2) is 8.21. The average molecular weight is 331 g/mol. The molecule has 7 heteroatoms. The first kappa shape index (κ1) is 19.3. The van der Waals surface area contributed by atoms with Crippen molar-refractivity contribution in [2.75, 3.05) is 13.2 Å². The second-order valence-corrected chi connectivity index (χ2v) is 6.12. The molecule has 23 heavy (non-hydrogen) atoms. The number of hydrogen-bond donors (Lipinski definition) is 2. The predicted octanol–water partition coefficient (Wildman–Crippen LogP) is 2.72. The van der Waals surface area contributed by atoms with Crippen LogP contribution in [0.25, 0.3) is 0 Å². The van der Waals surface area contributed by atoms with Crippen LogP contribution in [-0.2, 0) is 16.1 Å². The van der Waals surface area contributed by atoms with Crippen LogP contribution in [0.3, 0.4) is 0 Å². The molecule has 1 atom stereocenters. The Labute approximate surface area is 134 Å². The molecule has 0 saturated heterocycles. The number of rotatable bonds is 7. The summed E-state index contributed by atoms with van der Waals surface area (Å²) in [5, 5.41) is 11.1. The highest BCUT2D eigenvalue weighted by Crippen LogP contribution is 2.20. The molecule has 2 N–H and O–H groups in total. The molecule has 1 aromatic carbocycles. The second-order valence-electron chi connectivity index (χ2n) is 6.12. The number of nitrogens with one attached hydrogen (secondary N) is 1. The van der Waals surface area contributed by atoms with Crippen molar-refractivity contribution in [1.29, 1.82) is 0 Å². The summed E-state index contributed by atoms with van der Waals surface area (Å²) in [6, 6.07) is 7.08. The quantitative estimate of drug-likeness (QED) is 0.806. The summed E-state index contributed by atoms with van der Waals surface area (Å²) in [6.45, 7) is 3.00.